The Balaban J connectivity index is 1.59. The van der Waals surface area contributed by atoms with Crippen LogP contribution in [0.2, 0.25) is 0 Å². The minimum atomic E-state index is -0.420. The standard InChI is InChI=1S/C17H14FN3O2S/c18-13-3-1-2-4-14(13)23-16-8-6-12(24-16)10-21-17(22)11-5-7-15(19)20-9-11/h1-9H,10H2,(H2,19,20)(H,21,22). The highest BCUT2D eigenvalue weighted by atomic mass is 32.1. The molecule has 1 amide bonds. The van der Waals surface area contributed by atoms with Crippen molar-refractivity contribution < 1.29 is 13.9 Å². The quantitative estimate of drug-likeness (QED) is 0.742. The van der Waals surface area contributed by atoms with Crippen LogP contribution < -0.4 is 15.8 Å². The SMILES string of the molecule is Nc1ccc(C(=O)NCc2ccc(Oc3ccccc3F)s2)cn1. The maximum Gasteiger partial charge on any atom is 0.253 e. The highest BCUT2D eigenvalue weighted by Gasteiger charge is 2.09. The number of hydrogen-bond donors (Lipinski definition) is 2. The van der Waals surface area contributed by atoms with Gasteiger partial charge in [0.25, 0.3) is 5.91 Å². The van der Waals surface area contributed by atoms with Crippen LogP contribution >= 0.6 is 11.3 Å². The van der Waals surface area contributed by atoms with E-state index in [1.54, 1.807) is 36.4 Å². The van der Waals surface area contributed by atoms with Crippen LogP contribution in [-0.4, -0.2) is 10.9 Å². The summed E-state index contributed by atoms with van der Waals surface area (Å²) in [4.78, 5) is 16.8. The molecule has 0 spiro atoms. The van der Waals surface area contributed by atoms with Crippen molar-refractivity contribution in [3.05, 3.63) is 71.0 Å². The Bertz CT molecular complexity index is 849. The number of rotatable bonds is 5. The van der Waals surface area contributed by atoms with Gasteiger partial charge >= 0.3 is 0 Å². The normalized spacial score (nSPS) is 10.4. The lowest BCUT2D eigenvalue weighted by Gasteiger charge is -2.04. The number of amides is 1. The first-order chi connectivity index (χ1) is 11.6. The highest BCUT2D eigenvalue weighted by molar-refractivity contribution is 7.13. The van der Waals surface area contributed by atoms with Crippen molar-refractivity contribution in [1.29, 1.82) is 0 Å². The molecule has 3 rings (SSSR count). The number of para-hydroxylation sites is 1. The van der Waals surface area contributed by atoms with Crippen LogP contribution in [0.15, 0.2) is 54.7 Å². The van der Waals surface area contributed by atoms with Crippen molar-refractivity contribution in [3.63, 3.8) is 0 Å². The molecule has 0 aliphatic heterocycles. The van der Waals surface area contributed by atoms with E-state index in [2.05, 4.69) is 10.3 Å². The van der Waals surface area contributed by atoms with Crippen LogP contribution in [0.25, 0.3) is 0 Å². The minimum absolute atomic E-state index is 0.169. The van der Waals surface area contributed by atoms with E-state index >= 15 is 0 Å². The summed E-state index contributed by atoms with van der Waals surface area (Å²) in [5, 5.41) is 3.34. The molecule has 3 N–H and O–H groups in total. The fraction of sp³-hybridized carbons (Fsp3) is 0.0588. The van der Waals surface area contributed by atoms with Crippen molar-refractivity contribution in [2.75, 3.05) is 5.73 Å². The number of carbonyl (C=O) groups is 1. The summed E-state index contributed by atoms with van der Waals surface area (Å²) in [6, 6.07) is 12.9. The average molecular weight is 343 g/mol. The Morgan fingerprint density at radius 1 is 1.21 bits per heavy atom. The zero-order chi connectivity index (χ0) is 16.9. The van der Waals surface area contributed by atoms with Gasteiger partial charge in [-0.25, -0.2) is 9.37 Å². The van der Waals surface area contributed by atoms with Gasteiger partial charge in [-0.05, 0) is 36.4 Å². The molecule has 3 aromatic rings. The maximum atomic E-state index is 13.6. The molecule has 0 atom stereocenters. The molecule has 0 saturated heterocycles. The Morgan fingerprint density at radius 2 is 2.04 bits per heavy atom. The van der Waals surface area contributed by atoms with E-state index in [1.807, 2.05) is 6.07 Å². The van der Waals surface area contributed by atoms with Gasteiger partial charge in [0.1, 0.15) is 5.82 Å². The molecule has 2 heterocycles. The van der Waals surface area contributed by atoms with Gasteiger partial charge in [0.15, 0.2) is 16.6 Å². The number of benzene rings is 1. The highest BCUT2D eigenvalue weighted by Crippen LogP contribution is 2.30. The molecule has 0 bridgehead atoms. The van der Waals surface area contributed by atoms with Gasteiger partial charge < -0.3 is 15.8 Å². The molecule has 122 valence electrons. The fourth-order valence-corrected chi connectivity index (χ4v) is 2.76. The van der Waals surface area contributed by atoms with Crippen molar-refractivity contribution in [2.45, 2.75) is 6.54 Å². The van der Waals surface area contributed by atoms with E-state index in [4.69, 9.17) is 10.5 Å². The number of nitrogens with one attached hydrogen (secondary N) is 1. The number of nitrogens with two attached hydrogens (primary N) is 1. The summed E-state index contributed by atoms with van der Waals surface area (Å²) in [6.07, 6.45) is 1.42. The first-order valence-corrected chi connectivity index (χ1v) is 7.94. The number of halogens is 1. The predicted molar refractivity (Wildman–Crippen MR) is 90.6 cm³/mol. The monoisotopic (exact) mass is 343 g/mol. The zero-order valence-electron chi connectivity index (χ0n) is 12.5. The maximum absolute atomic E-state index is 13.6. The summed E-state index contributed by atoms with van der Waals surface area (Å²) >= 11 is 1.34. The van der Waals surface area contributed by atoms with E-state index in [1.165, 1.54) is 23.6 Å². The largest absolute Gasteiger partial charge is 0.444 e. The predicted octanol–water partition coefficient (Wildman–Crippen LogP) is 3.59. The average Bonchev–Trinajstić information content (AvgIpc) is 3.03. The number of nitrogen functional groups attached to an aromatic ring is 1. The summed E-state index contributed by atoms with van der Waals surface area (Å²) in [5.74, 6) is -0.133. The van der Waals surface area contributed by atoms with Crippen molar-refractivity contribution in [3.8, 4) is 10.8 Å². The molecule has 0 unspecified atom stereocenters. The number of ether oxygens (including phenoxy) is 1. The zero-order valence-corrected chi connectivity index (χ0v) is 13.3. The molecular weight excluding hydrogens is 329 g/mol. The summed E-state index contributed by atoms with van der Waals surface area (Å²) in [6.45, 7) is 0.342. The molecular formula is C17H14FN3O2S. The number of carbonyl (C=O) groups excluding carboxylic acids is 1. The molecule has 7 heteroatoms. The molecule has 2 aromatic heterocycles. The van der Waals surface area contributed by atoms with E-state index in [0.29, 0.717) is 23.0 Å². The fourth-order valence-electron chi connectivity index (χ4n) is 1.95. The number of anilines is 1. The number of nitrogens with zero attached hydrogens (tertiary/aromatic N) is 1. The molecule has 0 aliphatic rings. The van der Waals surface area contributed by atoms with Crippen molar-refractivity contribution in [1.82, 2.24) is 10.3 Å². The molecule has 24 heavy (non-hydrogen) atoms. The molecule has 0 radical (unpaired) electrons. The number of thiophene rings is 1. The van der Waals surface area contributed by atoms with Gasteiger partial charge in [0, 0.05) is 11.1 Å². The van der Waals surface area contributed by atoms with Crippen LogP contribution in [0, 0.1) is 5.82 Å². The lowest BCUT2D eigenvalue weighted by molar-refractivity contribution is 0.0951. The van der Waals surface area contributed by atoms with E-state index in [-0.39, 0.29) is 11.7 Å². The van der Waals surface area contributed by atoms with Crippen LogP contribution in [0.4, 0.5) is 10.2 Å². The third-order valence-corrected chi connectivity index (χ3v) is 4.12. The van der Waals surface area contributed by atoms with Gasteiger partial charge in [-0.3, -0.25) is 4.79 Å². The molecule has 5 nitrogen and oxygen atoms in total. The van der Waals surface area contributed by atoms with Gasteiger partial charge in [-0.15, -0.1) is 11.3 Å². The second kappa shape index (κ2) is 7.10. The molecule has 0 aliphatic carbocycles. The number of hydrogen-bond acceptors (Lipinski definition) is 5. The molecule has 1 aromatic carbocycles. The van der Waals surface area contributed by atoms with Crippen molar-refractivity contribution >= 4 is 23.1 Å². The lowest BCUT2D eigenvalue weighted by Crippen LogP contribution is -2.22. The summed E-state index contributed by atoms with van der Waals surface area (Å²) in [5.41, 5.74) is 5.92. The second-order valence-corrected chi connectivity index (χ2v) is 6.04. The number of pyridine rings is 1. The topological polar surface area (TPSA) is 77.2 Å². The summed E-state index contributed by atoms with van der Waals surface area (Å²) in [7, 11) is 0. The second-order valence-electron chi connectivity index (χ2n) is 4.91. The van der Waals surface area contributed by atoms with Gasteiger partial charge in [0.2, 0.25) is 0 Å². The third kappa shape index (κ3) is 3.88. The van der Waals surface area contributed by atoms with E-state index in [0.717, 1.165) is 4.88 Å². The lowest BCUT2D eigenvalue weighted by atomic mass is 10.2. The third-order valence-electron chi connectivity index (χ3n) is 3.16. The van der Waals surface area contributed by atoms with Gasteiger partial charge in [0.05, 0.1) is 12.1 Å². The Labute approximate surface area is 141 Å². The number of aromatic nitrogens is 1. The Hall–Kier alpha value is -2.93. The van der Waals surface area contributed by atoms with E-state index < -0.39 is 5.82 Å². The Morgan fingerprint density at radius 3 is 2.79 bits per heavy atom. The van der Waals surface area contributed by atoms with Crippen molar-refractivity contribution in [2.24, 2.45) is 0 Å². The van der Waals surface area contributed by atoms with Gasteiger partial charge in [-0.1, -0.05) is 12.1 Å². The van der Waals surface area contributed by atoms with Crippen LogP contribution in [-0.2, 0) is 6.54 Å². The van der Waals surface area contributed by atoms with Crippen LogP contribution in [0.1, 0.15) is 15.2 Å². The molecule has 0 saturated carbocycles. The molecule has 0 fully saturated rings. The van der Waals surface area contributed by atoms with Crippen LogP contribution in [0.3, 0.4) is 0 Å². The van der Waals surface area contributed by atoms with Gasteiger partial charge in [-0.2, -0.15) is 0 Å². The van der Waals surface area contributed by atoms with E-state index in [9.17, 15) is 9.18 Å². The summed E-state index contributed by atoms with van der Waals surface area (Å²) < 4.78 is 19.1. The minimum Gasteiger partial charge on any atom is -0.444 e. The first kappa shape index (κ1) is 15.9. The smallest absolute Gasteiger partial charge is 0.253 e. The Kier molecular flexibility index (Phi) is 4.72. The first-order valence-electron chi connectivity index (χ1n) is 7.12. The van der Waals surface area contributed by atoms with Crippen LogP contribution in [0.5, 0.6) is 10.8 Å².